The average molecular weight is 187 g/mol. The molecule has 0 aliphatic heterocycles. The third-order valence-electron chi connectivity index (χ3n) is 1.20. The standard InChI is InChI=1S/C7H7ClO2Si/c8-6-10-11(9)7-4-2-1-3-5-7/h1-5H,6H2. The zero-order valence-electron chi connectivity index (χ0n) is 5.79. The summed E-state index contributed by atoms with van der Waals surface area (Å²) in [4.78, 5) is 0. The van der Waals surface area contributed by atoms with E-state index in [0.29, 0.717) is 5.19 Å². The lowest BCUT2D eigenvalue weighted by Crippen LogP contribution is -2.23. The number of halogens is 1. The highest BCUT2D eigenvalue weighted by Crippen LogP contribution is 1.85. The van der Waals surface area contributed by atoms with Crippen LogP contribution in [0.1, 0.15) is 0 Å². The minimum absolute atomic E-state index is 0.0211. The monoisotopic (exact) mass is 186 g/mol. The van der Waals surface area contributed by atoms with Crippen LogP contribution in [0.3, 0.4) is 0 Å². The van der Waals surface area contributed by atoms with Gasteiger partial charge in [0, 0.05) is 5.19 Å². The van der Waals surface area contributed by atoms with E-state index in [-0.39, 0.29) is 6.07 Å². The molecule has 1 rings (SSSR count). The van der Waals surface area contributed by atoms with Gasteiger partial charge in [0.15, 0.2) is 0 Å². The van der Waals surface area contributed by atoms with Gasteiger partial charge in [0.25, 0.3) is 0 Å². The van der Waals surface area contributed by atoms with Crippen LogP contribution in [0.4, 0.5) is 0 Å². The molecule has 11 heavy (non-hydrogen) atoms. The number of benzene rings is 1. The fraction of sp³-hybridized carbons (Fsp3) is 0.143. The van der Waals surface area contributed by atoms with Gasteiger partial charge >= 0.3 is 8.93 Å². The lowest BCUT2D eigenvalue weighted by atomic mass is 10.4. The second-order valence-electron chi connectivity index (χ2n) is 1.91. The van der Waals surface area contributed by atoms with E-state index in [1.54, 1.807) is 12.1 Å². The molecule has 0 aliphatic carbocycles. The first-order valence-corrected chi connectivity index (χ1v) is 4.98. The van der Waals surface area contributed by atoms with E-state index >= 15 is 0 Å². The fourth-order valence-electron chi connectivity index (χ4n) is 0.707. The molecule has 4 heteroatoms. The highest BCUT2D eigenvalue weighted by Gasteiger charge is 2.08. The minimum atomic E-state index is -2.10. The molecule has 0 aromatic heterocycles. The molecular formula is C7H7ClO2Si. The van der Waals surface area contributed by atoms with Crippen molar-refractivity contribution < 1.29 is 8.89 Å². The van der Waals surface area contributed by atoms with Crippen LogP contribution in [-0.2, 0) is 8.89 Å². The van der Waals surface area contributed by atoms with Crippen molar-refractivity contribution in [3.05, 3.63) is 30.3 Å². The van der Waals surface area contributed by atoms with Crippen LogP contribution >= 0.6 is 11.6 Å². The van der Waals surface area contributed by atoms with Gasteiger partial charge in [-0.15, -0.1) is 0 Å². The molecular weight excluding hydrogens is 180 g/mol. The summed E-state index contributed by atoms with van der Waals surface area (Å²) in [5.41, 5.74) is 0. The normalized spacial score (nSPS) is 9.18. The summed E-state index contributed by atoms with van der Waals surface area (Å²) in [5.74, 6) is 0. The van der Waals surface area contributed by atoms with Gasteiger partial charge in [-0.2, -0.15) is 0 Å². The smallest absolute Gasteiger partial charge is 0.507 e. The third kappa shape index (κ3) is 2.44. The third-order valence-corrected chi connectivity index (χ3v) is 2.70. The Morgan fingerprint density at radius 3 is 2.55 bits per heavy atom. The van der Waals surface area contributed by atoms with Gasteiger partial charge in [-0.3, -0.25) is 0 Å². The second kappa shape index (κ2) is 4.26. The van der Waals surface area contributed by atoms with Crippen LogP contribution < -0.4 is 5.19 Å². The molecule has 1 aromatic rings. The lowest BCUT2D eigenvalue weighted by molar-refractivity contribution is 0.355. The first-order valence-electron chi connectivity index (χ1n) is 3.12. The van der Waals surface area contributed by atoms with E-state index in [0.717, 1.165) is 0 Å². The number of rotatable bonds is 3. The van der Waals surface area contributed by atoms with Gasteiger partial charge in [0.05, 0.1) is 0 Å². The number of hydrogen-bond acceptors (Lipinski definition) is 2. The Hall–Kier alpha value is -0.673. The lowest BCUT2D eigenvalue weighted by Gasteiger charge is -1.96. The first-order chi connectivity index (χ1) is 5.34. The zero-order chi connectivity index (χ0) is 8.10. The van der Waals surface area contributed by atoms with Gasteiger partial charge in [0.2, 0.25) is 0 Å². The Kier molecular flexibility index (Phi) is 3.26. The van der Waals surface area contributed by atoms with Crippen LogP contribution in [0.25, 0.3) is 0 Å². The van der Waals surface area contributed by atoms with Gasteiger partial charge in [0.1, 0.15) is 6.07 Å². The predicted molar refractivity (Wildman–Crippen MR) is 44.3 cm³/mol. The Bertz CT molecular complexity index is 237. The topological polar surface area (TPSA) is 26.3 Å². The molecule has 0 heterocycles. The van der Waals surface area contributed by atoms with E-state index in [1.165, 1.54) is 0 Å². The van der Waals surface area contributed by atoms with E-state index in [1.807, 2.05) is 18.2 Å². The summed E-state index contributed by atoms with van der Waals surface area (Å²) in [5, 5.41) is 0.707. The summed E-state index contributed by atoms with van der Waals surface area (Å²) < 4.78 is 15.9. The molecule has 0 atom stereocenters. The van der Waals surface area contributed by atoms with Crippen molar-refractivity contribution in [3.8, 4) is 0 Å². The fourth-order valence-corrected chi connectivity index (χ4v) is 1.73. The molecule has 0 bridgehead atoms. The molecule has 2 nitrogen and oxygen atoms in total. The second-order valence-corrected chi connectivity index (χ2v) is 3.57. The van der Waals surface area contributed by atoms with E-state index in [2.05, 4.69) is 0 Å². The maximum atomic E-state index is 11.1. The molecule has 0 spiro atoms. The van der Waals surface area contributed by atoms with Gasteiger partial charge < -0.3 is 8.89 Å². The van der Waals surface area contributed by atoms with E-state index in [4.69, 9.17) is 16.0 Å². The van der Waals surface area contributed by atoms with Crippen molar-refractivity contribution in [3.63, 3.8) is 0 Å². The van der Waals surface area contributed by atoms with Crippen LogP contribution in [-0.4, -0.2) is 15.0 Å². The summed E-state index contributed by atoms with van der Waals surface area (Å²) in [6.45, 7) is 0. The maximum absolute atomic E-state index is 11.1. The van der Waals surface area contributed by atoms with Crippen molar-refractivity contribution in [2.45, 2.75) is 0 Å². The molecule has 0 fully saturated rings. The van der Waals surface area contributed by atoms with Crippen LogP contribution in [0.2, 0.25) is 0 Å². The van der Waals surface area contributed by atoms with Crippen molar-refractivity contribution >= 4 is 25.7 Å². The maximum Gasteiger partial charge on any atom is 0.540 e. The first kappa shape index (κ1) is 8.42. The summed E-state index contributed by atoms with van der Waals surface area (Å²) in [6.07, 6.45) is 0. The summed E-state index contributed by atoms with van der Waals surface area (Å²) >= 11 is 5.25. The molecule has 0 amide bonds. The average Bonchev–Trinajstić information content (AvgIpc) is 2.07. The Morgan fingerprint density at radius 1 is 1.36 bits per heavy atom. The van der Waals surface area contributed by atoms with Crippen molar-refractivity contribution in [1.82, 2.24) is 0 Å². The van der Waals surface area contributed by atoms with Gasteiger partial charge in [-0.05, 0) is 0 Å². The molecule has 0 aliphatic rings. The van der Waals surface area contributed by atoms with Crippen LogP contribution in [0.15, 0.2) is 30.3 Å². The number of hydrogen-bond donors (Lipinski definition) is 0. The van der Waals surface area contributed by atoms with Gasteiger partial charge in [-0.1, -0.05) is 41.9 Å². The van der Waals surface area contributed by atoms with Gasteiger partial charge in [-0.25, -0.2) is 0 Å². The highest BCUT2D eigenvalue weighted by molar-refractivity contribution is 6.53. The van der Waals surface area contributed by atoms with Crippen molar-refractivity contribution in [2.75, 3.05) is 6.07 Å². The zero-order valence-corrected chi connectivity index (χ0v) is 7.54. The Labute approximate surface area is 71.5 Å². The molecule has 0 radical (unpaired) electrons. The molecule has 0 N–H and O–H groups in total. The van der Waals surface area contributed by atoms with E-state index < -0.39 is 8.93 Å². The molecule has 0 unspecified atom stereocenters. The summed E-state index contributed by atoms with van der Waals surface area (Å²) in [7, 11) is -2.10. The highest BCUT2D eigenvalue weighted by atomic mass is 35.5. The molecule has 0 saturated heterocycles. The predicted octanol–water partition coefficient (Wildman–Crippen LogP) is 1.03. The Balaban J connectivity index is 2.69. The quantitative estimate of drug-likeness (QED) is 0.521. The molecule has 0 saturated carbocycles. The largest absolute Gasteiger partial charge is 0.540 e. The molecule has 1 aromatic carbocycles. The summed E-state index contributed by atoms with van der Waals surface area (Å²) in [6, 6.07) is 8.98. The number of alkyl halides is 1. The van der Waals surface area contributed by atoms with Crippen LogP contribution in [0.5, 0.6) is 0 Å². The SMILES string of the molecule is O=[Si](OCCl)c1ccccc1. The Morgan fingerprint density at radius 2 is 2.00 bits per heavy atom. The molecule has 58 valence electrons. The van der Waals surface area contributed by atoms with Crippen molar-refractivity contribution in [2.24, 2.45) is 0 Å². The van der Waals surface area contributed by atoms with Crippen LogP contribution in [0, 0.1) is 0 Å². The van der Waals surface area contributed by atoms with Crippen molar-refractivity contribution in [1.29, 1.82) is 0 Å². The van der Waals surface area contributed by atoms with E-state index in [9.17, 15) is 4.46 Å². The minimum Gasteiger partial charge on any atom is -0.507 e.